The minimum atomic E-state index is -0.0923. The number of likely N-dealkylation sites (N-methyl/N-ethyl adjacent to an activating group) is 1. The molecule has 0 saturated carbocycles. The number of nitrogens with zero attached hydrogens (tertiary/aromatic N) is 8. The molecule has 1 N–H and O–H groups in total. The van der Waals surface area contributed by atoms with Crippen molar-refractivity contribution in [2.75, 3.05) is 57.1 Å². The van der Waals surface area contributed by atoms with Crippen molar-refractivity contribution < 1.29 is 14.3 Å². The van der Waals surface area contributed by atoms with Crippen molar-refractivity contribution in [1.29, 1.82) is 0 Å². The van der Waals surface area contributed by atoms with Gasteiger partial charge >= 0.3 is 0 Å². The summed E-state index contributed by atoms with van der Waals surface area (Å²) in [4.78, 5) is 37.6. The summed E-state index contributed by atoms with van der Waals surface area (Å²) in [5.74, 6) is 3.41. The largest absolute Gasteiger partial charge is 0.487 e. The van der Waals surface area contributed by atoms with E-state index in [2.05, 4.69) is 31.8 Å². The summed E-state index contributed by atoms with van der Waals surface area (Å²) in [6.07, 6.45) is 9.33. The van der Waals surface area contributed by atoms with Crippen molar-refractivity contribution in [2.45, 2.75) is 19.4 Å². The van der Waals surface area contributed by atoms with Gasteiger partial charge in [0, 0.05) is 69.5 Å². The molecule has 12 heteroatoms. The average molecular weight is 622 g/mol. The van der Waals surface area contributed by atoms with E-state index in [1.54, 1.807) is 6.08 Å². The van der Waals surface area contributed by atoms with E-state index in [-0.39, 0.29) is 11.9 Å². The highest BCUT2D eigenvalue weighted by atomic mass is 16.5. The molecule has 12 nitrogen and oxygen atoms in total. The van der Waals surface area contributed by atoms with Gasteiger partial charge in [-0.1, -0.05) is 12.7 Å². The molecule has 1 saturated heterocycles. The smallest absolute Gasteiger partial charge is 0.246 e. The molecule has 1 aromatic carbocycles. The number of rotatable bonds is 8. The van der Waals surface area contributed by atoms with E-state index < -0.39 is 0 Å². The zero-order valence-corrected chi connectivity index (χ0v) is 26.7. The van der Waals surface area contributed by atoms with Gasteiger partial charge in [-0.2, -0.15) is 0 Å². The first-order valence-corrected chi connectivity index (χ1v) is 15.3. The Morgan fingerprint density at radius 2 is 2.09 bits per heavy atom. The average Bonchev–Trinajstić information content (AvgIpc) is 3.35. The van der Waals surface area contributed by atoms with Gasteiger partial charge in [-0.25, -0.2) is 19.9 Å². The number of pyridine rings is 2. The van der Waals surface area contributed by atoms with Crippen molar-refractivity contribution in [3.05, 3.63) is 84.9 Å². The van der Waals surface area contributed by atoms with Gasteiger partial charge in [-0.3, -0.25) is 4.79 Å². The molecule has 2 aliphatic heterocycles. The van der Waals surface area contributed by atoms with Crippen LogP contribution in [0.15, 0.2) is 78.8 Å². The van der Waals surface area contributed by atoms with Gasteiger partial charge < -0.3 is 34.1 Å². The number of aryl methyl sites for hydroxylation is 2. The van der Waals surface area contributed by atoms with Gasteiger partial charge in [-0.15, -0.1) is 0 Å². The molecule has 1 fully saturated rings. The van der Waals surface area contributed by atoms with Gasteiger partial charge in [0.25, 0.3) is 0 Å². The second kappa shape index (κ2) is 13.4. The molecular formula is C34H39N9O3. The summed E-state index contributed by atoms with van der Waals surface area (Å²) in [6.45, 7) is 8.85. The van der Waals surface area contributed by atoms with E-state index in [1.165, 1.54) is 12.5 Å². The fraction of sp³-hybridized carbons (Fsp3) is 0.324. The summed E-state index contributed by atoms with van der Waals surface area (Å²) in [5, 5.41) is 3.43. The number of hydrogen-bond acceptors (Lipinski definition) is 10. The fourth-order valence-corrected chi connectivity index (χ4v) is 5.64. The van der Waals surface area contributed by atoms with Gasteiger partial charge in [0.05, 0.1) is 11.6 Å². The Bertz CT molecular complexity index is 1870. The van der Waals surface area contributed by atoms with Crippen LogP contribution in [0.4, 0.5) is 17.3 Å². The first-order valence-electron chi connectivity index (χ1n) is 15.3. The zero-order valence-electron chi connectivity index (χ0n) is 26.7. The Kier molecular flexibility index (Phi) is 8.97. The highest BCUT2D eigenvalue weighted by Gasteiger charge is 2.33. The molecule has 2 bridgehead atoms. The Morgan fingerprint density at radius 3 is 2.89 bits per heavy atom. The third-order valence-electron chi connectivity index (χ3n) is 7.98. The van der Waals surface area contributed by atoms with Crippen LogP contribution >= 0.6 is 0 Å². The van der Waals surface area contributed by atoms with E-state index in [4.69, 9.17) is 14.5 Å². The van der Waals surface area contributed by atoms with Crippen LogP contribution in [0.25, 0.3) is 11.0 Å². The third-order valence-corrected chi connectivity index (χ3v) is 7.98. The van der Waals surface area contributed by atoms with Crippen molar-refractivity contribution in [3.63, 3.8) is 0 Å². The molecular weight excluding hydrogens is 582 g/mol. The molecule has 5 heterocycles. The number of carbonyl (C=O) groups is 1. The number of amides is 1. The van der Waals surface area contributed by atoms with E-state index in [0.29, 0.717) is 54.6 Å². The highest BCUT2D eigenvalue weighted by Crippen LogP contribution is 2.36. The summed E-state index contributed by atoms with van der Waals surface area (Å²) >= 11 is 0. The number of carbonyl (C=O) groups excluding carboxylic acids is 1. The van der Waals surface area contributed by atoms with Gasteiger partial charge in [0.15, 0.2) is 17.4 Å². The third kappa shape index (κ3) is 6.71. The number of fused-ring (bicyclic) bond motifs is 5. The summed E-state index contributed by atoms with van der Waals surface area (Å²) in [7, 11) is 5.88. The maximum absolute atomic E-state index is 13.1. The van der Waals surface area contributed by atoms with Crippen LogP contribution in [-0.2, 0) is 11.8 Å². The van der Waals surface area contributed by atoms with Crippen LogP contribution in [0.5, 0.6) is 17.2 Å². The second-order valence-electron chi connectivity index (χ2n) is 11.7. The molecule has 1 atom stereocenters. The number of benzene rings is 1. The summed E-state index contributed by atoms with van der Waals surface area (Å²) in [6, 6.07) is 11.5. The Hall–Kier alpha value is -5.23. The number of aromatic nitrogens is 4. The molecule has 238 valence electrons. The minimum Gasteiger partial charge on any atom is -0.487 e. The highest BCUT2D eigenvalue weighted by molar-refractivity contribution is 5.90. The van der Waals surface area contributed by atoms with Crippen LogP contribution in [0.2, 0.25) is 0 Å². The molecule has 0 aliphatic carbocycles. The predicted molar refractivity (Wildman–Crippen MR) is 179 cm³/mol. The molecule has 4 aromatic rings. The first kappa shape index (κ1) is 30.8. The number of hydrogen-bond donors (Lipinski definition) is 1. The van der Waals surface area contributed by atoms with Crippen molar-refractivity contribution >= 4 is 34.3 Å². The lowest BCUT2D eigenvalue weighted by Gasteiger charge is -2.28. The molecule has 6 rings (SSSR count). The van der Waals surface area contributed by atoms with Gasteiger partial charge in [0.2, 0.25) is 5.91 Å². The number of anilines is 3. The molecule has 1 unspecified atom stereocenters. The lowest BCUT2D eigenvalue weighted by molar-refractivity contribution is -0.128. The van der Waals surface area contributed by atoms with E-state index >= 15 is 0 Å². The van der Waals surface area contributed by atoms with E-state index in [0.717, 1.165) is 41.3 Å². The Labute approximate surface area is 268 Å². The molecule has 46 heavy (non-hydrogen) atoms. The lowest BCUT2D eigenvalue weighted by atomic mass is 10.2. The normalized spacial score (nSPS) is 16.6. The van der Waals surface area contributed by atoms with E-state index in [9.17, 15) is 4.79 Å². The maximum atomic E-state index is 13.1. The Balaban J connectivity index is 1.23. The maximum Gasteiger partial charge on any atom is 0.246 e. The Morgan fingerprint density at radius 1 is 1.22 bits per heavy atom. The predicted octanol–water partition coefficient (Wildman–Crippen LogP) is 4.17. The molecule has 2 aliphatic rings. The van der Waals surface area contributed by atoms with Crippen LogP contribution in [0, 0.1) is 6.92 Å². The standard InChI is InChI=1S/C34H39N9O3/c1-6-35-30-18-26(12-16-41(30)5)46-28-11-10-24(17-23(28)2)38-33-32-27(36-22-37-33)19-29-34(39-32)42-14-8-15-43(25(20-42)21-45-29)31(44)9-7-13-40(3)4/h6-7,9-12,16-19,22,25H,1,8,13-15,20-21H2,2-5H3,(H,36,37,38)/b9-7+,35-30?. The van der Waals surface area contributed by atoms with Crippen LogP contribution in [0.3, 0.4) is 0 Å². The van der Waals surface area contributed by atoms with Gasteiger partial charge in [-0.05, 0) is 57.3 Å². The number of ether oxygens (including phenoxy) is 2. The van der Waals surface area contributed by atoms with E-state index in [1.807, 2.05) is 91.1 Å². The van der Waals surface area contributed by atoms with Crippen molar-refractivity contribution in [3.8, 4) is 17.2 Å². The quantitative estimate of drug-likeness (QED) is 0.290. The fourth-order valence-electron chi connectivity index (χ4n) is 5.64. The zero-order chi connectivity index (χ0) is 32.2. The SMILES string of the molecule is C=CN=c1cc(Oc2ccc(Nc3ncnc4cc5c(nc34)N3CCCN(C(=O)/C=C/CN(C)C)C(CO5)C3)cc2C)ccn1C. The monoisotopic (exact) mass is 621 g/mol. The molecule has 0 radical (unpaired) electrons. The topological polar surface area (TPSA) is 113 Å². The van der Waals surface area contributed by atoms with Crippen LogP contribution < -0.4 is 25.2 Å². The number of nitrogens with one attached hydrogen (secondary N) is 1. The molecule has 0 spiro atoms. The summed E-state index contributed by atoms with van der Waals surface area (Å²) in [5.41, 5.74) is 3.83. The summed E-state index contributed by atoms with van der Waals surface area (Å²) < 4.78 is 14.3. The van der Waals surface area contributed by atoms with Crippen molar-refractivity contribution in [2.24, 2.45) is 12.0 Å². The van der Waals surface area contributed by atoms with Gasteiger partial charge in [0.1, 0.15) is 35.4 Å². The molecule has 3 aromatic heterocycles. The lowest BCUT2D eigenvalue weighted by Crippen LogP contribution is -2.46. The first-order chi connectivity index (χ1) is 22.3. The van der Waals surface area contributed by atoms with Crippen LogP contribution in [-0.4, -0.2) is 88.1 Å². The molecule has 1 amide bonds. The van der Waals surface area contributed by atoms with Crippen molar-refractivity contribution in [1.82, 2.24) is 29.3 Å². The minimum absolute atomic E-state index is 0.0104. The van der Waals surface area contributed by atoms with Crippen LogP contribution in [0.1, 0.15) is 12.0 Å². The second-order valence-corrected chi connectivity index (χ2v) is 11.7.